The van der Waals surface area contributed by atoms with Crippen molar-refractivity contribution in [2.24, 2.45) is 0 Å². The van der Waals surface area contributed by atoms with Crippen LogP contribution < -0.4 is 10.3 Å². The standard InChI is InChI=1S/C23H30N6O4S/c1-4-6-18-21-22(27-26-18)23(30)25-20(24-21)15-16-14-17(7-8-19(16)33-13-5-2)34(31,32)29-11-9-28(3)10-12-29/h5,7-8,14H,2,4,6,9-13,15H2,1,3H3,(H,26,27)(H,24,25,30). The Balaban J connectivity index is 1.72. The molecule has 3 aromatic rings. The van der Waals surface area contributed by atoms with Gasteiger partial charge in [0.1, 0.15) is 23.7 Å². The molecule has 0 spiro atoms. The first-order valence-corrected chi connectivity index (χ1v) is 12.8. The smallest absolute Gasteiger partial charge is 0.279 e. The zero-order chi connectivity index (χ0) is 24.3. The summed E-state index contributed by atoms with van der Waals surface area (Å²) < 4.78 is 33.9. The highest BCUT2D eigenvalue weighted by molar-refractivity contribution is 7.89. The van der Waals surface area contributed by atoms with Gasteiger partial charge in [0.25, 0.3) is 5.56 Å². The van der Waals surface area contributed by atoms with Gasteiger partial charge in [0, 0.05) is 38.2 Å². The number of ether oxygens (including phenoxy) is 1. The SMILES string of the molecule is C=CCOc1ccc(S(=O)(=O)N2CCN(C)CC2)cc1Cc1nc2c(CCC)[nH]nc2c(=O)[nH]1. The summed E-state index contributed by atoms with van der Waals surface area (Å²) in [6, 6.07) is 4.82. The monoisotopic (exact) mass is 486 g/mol. The molecule has 2 N–H and O–H groups in total. The van der Waals surface area contributed by atoms with Crippen LogP contribution in [0.2, 0.25) is 0 Å². The highest BCUT2D eigenvalue weighted by Gasteiger charge is 2.28. The molecule has 3 heterocycles. The van der Waals surface area contributed by atoms with E-state index >= 15 is 0 Å². The Kier molecular flexibility index (Phi) is 7.15. The van der Waals surface area contributed by atoms with Crippen molar-refractivity contribution < 1.29 is 13.2 Å². The van der Waals surface area contributed by atoms with Crippen LogP contribution in [0.4, 0.5) is 0 Å². The second-order valence-electron chi connectivity index (χ2n) is 8.42. The molecule has 4 rings (SSSR count). The van der Waals surface area contributed by atoms with Crippen molar-refractivity contribution in [3.8, 4) is 5.75 Å². The summed E-state index contributed by atoms with van der Waals surface area (Å²) in [5.41, 5.74) is 1.88. The predicted octanol–water partition coefficient (Wildman–Crippen LogP) is 1.69. The summed E-state index contributed by atoms with van der Waals surface area (Å²) in [5.74, 6) is 0.926. The van der Waals surface area contributed by atoms with Crippen molar-refractivity contribution in [2.45, 2.75) is 31.1 Å². The minimum absolute atomic E-state index is 0.191. The number of aromatic amines is 2. The number of H-pyrrole nitrogens is 2. The molecule has 0 atom stereocenters. The molecule has 1 aliphatic heterocycles. The van der Waals surface area contributed by atoms with E-state index in [1.54, 1.807) is 24.3 Å². The fourth-order valence-corrected chi connectivity index (χ4v) is 5.49. The van der Waals surface area contributed by atoms with Gasteiger partial charge in [-0.15, -0.1) is 0 Å². The van der Waals surface area contributed by atoms with Gasteiger partial charge in [-0.25, -0.2) is 13.4 Å². The number of fused-ring (bicyclic) bond motifs is 1. The molecular weight excluding hydrogens is 456 g/mol. The van der Waals surface area contributed by atoms with E-state index in [0.29, 0.717) is 48.8 Å². The Hall–Kier alpha value is -3.02. The maximum atomic E-state index is 13.3. The Morgan fingerprint density at radius 3 is 2.68 bits per heavy atom. The van der Waals surface area contributed by atoms with Crippen molar-refractivity contribution >= 4 is 21.1 Å². The van der Waals surface area contributed by atoms with Crippen molar-refractivity contribution in [2.75, 3.05) is 39.8 Å². The summed E-state index contributed by atoms with van der Waals surface area (Å²) >= 11 is 0. The average Bonchev–Trinajstić information content (AvgIpc) is 3.22. The minimum Gasteiger partial charge on any atom is -0.489 e. The van der Waals surface area contributed by atoms with Gasteiger partial charge in [-0.2, -0.15) is 9.40 Å². The lowest BCUT2D eigenvalue weighted by Crippen LogP contribution is -2.47. The lowest BCUT2D eigenvalue weighted by molar-refractivity contribution is 0.222. The number of rotatable bonds is 9. The summed E-state index contributed by atoms with van der Waals surface area (Å²) in [5, 5.41) is 6.99. The number of aromatic nitrogens is 4. The third-order valence-electron chi connectivity index (χ3n) is 5.88. The molecule has 11 heteroatoms. The van der Waals surface area contributed by atoms with E-state index < -0.39 is 10.0 Å². The third kappa shape index (κ3) is 4.91. The summed E-state index contributed by atoms with van der Waals surface area (Å²) in [6.07, 6.45) is 3.42. The number of aryl methyl sites for hydroxylation is 1. The van der Waals surface area contributed by atoms with E-state index in [4.69, 9.17) is 4.74 Å². The average molecular weight is 487 g/mol. The molecular formula is C23H30N6O4S. The number of sulfonamides is 1. The third-order valence-corrected chi connectivity index (χ3v) is 7.77. The van der Waals surface area contributed by atoms with Gasteiger partial charge in [0.05, 0.1) is 10.6 Å². The van der Waals surface area contributed by atoms with Gasteiger partial charge >= 0.3 is 0 Å². The van der Waals surface area contributed by atoms with E-state index in [-0.39, 0.29) is 29.0 Å². The van der Waals surface area contributed by atoms with Crippen LogP contribution in [0.1, 0.15) is 30.4 Å². The van der Waals surface area contributed by atoms with Crippen molar-refractivity contribution in [1.82, 2.24) is 29.4 Å². The summed E-state index contributed by atoms with van der Waals surface area (Å²) in [6.45, 7) is 8.23. The second-order valence-corrected chi connectivity index (χ2v) is 10.4. The number of piperazine rings is 1. The summed E-state index contributed by atoms with van der Waals surface area (Å²) in [4.78, 5) is 22.3. The maximum Gasteiger partial charge on any atom is 0.279 e. The highest BCUT2D eigenvalue weighted by atomic mass is 32.2. The van der Waals surface area contributed by atoms with Crippen LogP contribution in [0, 0.1) is 0 Å². The Labute approximate surface area is 198 Å². The molecule has 1 aliphatic rings. The second kappa shape index (κ2) is 10.1. The van der Waals surface area contributed by atoms with Crippen LogP contribution >= 0.6 is 0 Å². The van der Waals surface area contributed by atoms with E-state index in [2.05, 4.69) is 31.6 Å². The van der Waals surface area contributed by atoms with Crippen LogP contribution in [-0.2, 0) is 22.9 Å². The number of nitrogens with one attached hydrogen (secondary N) is 2. The molecule has 0 aliphatic carbocycles. The van der Waals surface area contributed by atoms with E-state index in [1.807, 2.05) is 14.0 Å². The largest absolute Gasteiger partial charge is 0.489 e. The highest BCUT2D eigenvalue weighted by Crippen LogP contribution is 2.27. The lowest BCUT2D eigenvalue weighted by atomic mass is 10.1. The molecule has 0 saturated carbocycles. The van der Waals surface area contributed by atoms with Gasteiger partial charge in [0.15, 0.2) is 5.52 Å². The Morgan fingerprint density at radius 2 is 1.97 bits per heavy atom. The van der Waals surface area contributed by atoms with Crippen molar-refractivity contribution in [1.29, 1.82) is 0 Å². The number of benzene rings is 1. The van der Waals surface area contributed by atoms with Crippen molar-refractivity contribution in [3.05, 3.63) is 58.3 Å². The quantitative estimate of drug-likeness (QED) is 0.441. The van der Waals surface area contributed by atoms with E-state index in [1.165, 1.54) is 4.31 Å². The van der Waals surface area contributed by atoms with Gasteiger partial charge in [0.2, 0.25) is 10.0 Å². The first kappa shape index (κ1) is 24.1. The number of likely N-dealkylation sites (N-methyl/N-ethyl adjacent to an activating group) is 1. The molecule has 1 fully saturated rings. The zero-order valence-corrected chi connectivity index (χ0v) is 20.3. The molecule has 0 bridgehead atoms. The maximum absolute atomic E-state index is 13.3. The fourth-order valence-electron chi connectivity index (χ4n) is 4.01. The molecule has 0 radical (unpaired) electrons. The van der Waals surface area contributed by atoms with Gasteiger partial charge in [-0.1, -0.05) is 26.0 Å². The topological polar surface area (TPSA) is 124 Å². The number of hydrogen-bond donors (Lipinski definition) is 2. The number of hydrogen-bond acceptors (Lipinski definition) is 7. The normalized spacial score (nSPS) is 15.6. The Bertz CT molecular complexity index is 1340. The molecule has 2 aromatic heterocycles. The molecule has 1 aromatic carbocycles. The molecule has 10 nitrogen and oxygen atoms in total. The first-order valence-electron chi connectivity index (χ1n) is 11.3. The minimum atomic E-state index is -3.66. The van der Waals surface area contributed by atoms with Gasteiger partial charge in [-0.3, -0.25) is 9.89 Å². The van der Waals surface area contributed by atoms with Crippen LogP contribution in [0.15, 0.2) is 40.5 Å². The molecule has 0 amide bonds. The van der Waals surface area contributed by atoms with E-state index in [9.17, 15) is 13.2 Å². The number of nitrogens with zero attached hydrogens (tertiary/aromatic N) is 4. The predicted molar refractivity (Wildman–Crippen MR) is 130 cm³/mol. The molecule has 34 heavy (non-hydrogen) atoms. The van der Waals surface area contributed by atoms with Crippen molar-refractivity contribution in [3.63, 3.8) is 0 Å². The van der Waals surface area contributed by atoms with Crippen LogP contribution in [0.25, 0.3) is 11.0 Å². The van der Waals surface area contributed by atoms with Crippen LogP contribution in [0.3, 0.4) is 0 Å². The molecule has 182 valence electrons. The van der Waals surface area contributed by atoms with E-state index in [0.717, 1.165) is 18.5 Å². The van der Waals surface area contributed by atoms with Crippen LogP contribution in [0.5, 0.6) is 5.75 Å². The lowest BCUT2D eigenvalue weighted by Gasteiger charge is -2.31. The zero-order valence-electron chi connectivity index (χ0n) is 19.5. The van der Waals surface area contributed by atoms with Crippen LogP contribution in [-0.4, -0.2) is 77.6 Å². The van der Waals surface area contributed by atoms with Gasteiger partial charge < -0.3 is 14.6 Å². The fraction of sp³-hybridized carbons (Fsp3) is 0.435. The summed E-state index contributed by atoms with van der Waals surface area (Å²) in [7, 11) is -1.69. The molecule has 0 unspecified atom stereocenters. The molecule has 1 saturated heterocycles. The first-order chi connectivity index (χ1) is 16.3. The Morgan fingerprint density at radius 1 is 1.21 bits per heavy atom. The van der Waals surface area contributed by atoms with Gasteiger partial charge in [-0.05, 0) is 31.7 Å².